The number of nitrogens with one attached hydrogen (secondary N) is 1. The van der Waals surface area contributed by atoms with Gasteiger partial charge in [-0.1, -0.05) is 11.6 Å². The number of aromatic amines is 1. The summed E-state index contributed by atoms with van der Waals surface area (Å²) in [6.45, 7) is 1.51. The van der Waals surface area contributed by atoms with Gasteiger partial charge in [-0.2, -0.15) is 0 Å². The van der Waals surface area contributed by atoms with Gasteiger partial charge in [0.05, 0.1) is 10.6 Å². The lowest BCUT2D eigenvalue weighted by atomic mass is 9.98. The summed E-state index contributed by atoms with van der Waals surface area (Å²) in [5.41, 5.74) is 2.36. The Bertz CT molecular complexity index is 1070. The van der Waals surface area contributed by atoms with E-state index in [1.165, 1.54) is 0 Å². The van der Waals surface area contributed by atoms with Crippen molar-refractivity contribution in [2.75, 3.05) is 13.1 Å². The van der Waals surface area contributed by atoms with Crippen molar-refractivity contribution in [2.24, 2.45) is 0 Å². The normalized spacial score (nSPS) is 18.9. The van der Waals surface area contributed by atoms with Crippen molar-refractivity contribution in [3.63, 3.8) is 0 Å². The molecule has 5 rings (SSSR count). The van der Waals surface area contributed by atoms with Crippen LogP contribution in [0.4, 0.5) is 4.39 Å². The maximum Gasteiger partial charge on any atom is 0.263 e. The Kier molecular flexibility index (Phi) is 4.23. The zero-order valence-electron chi connectivity index (χ0n) is 15.2. The molecule has 5 nitrogen and oxygen atoms in total. The van der Waals surface area contributed by atoms with Crippen LogP contribution in [0.3, 0.4) is 0 Å². The summed E-state index contributed by atoms with van der Waals surface area (Å²) in [5, 5.41) is 0.809. The van der Waals surface area contributed by atoms with Crippen molar-refractivity contribution in [3.8, 4) is 16.9 Å². The Morgan fingerprint density at radius 3 is 2.93 bits per heavy atom. The fourth-order valence-corrected chi connectivity index (χ4v) is 4.43. The highest BCUT2D eigenvalue weighted by molar-refractivity contribution is 6.31. The van der Waals surface area contributed by atoms with Crippen molar-refractivity contribution < 1.29 is 13.9 Å². The Balaban J connectivity index is 1.57. The molecular weight excluding hydrogens is 381 g/mol. The molecule has 1 amide bonds. The topological polar surface area (TPSA) is 58.2 Å². The zero-order valence-corrected chi connectivity index (χ0v) is 15.9. The number of halogens is 2. The number of H-pyrrole nitrogens is 1. The number of hydrogen-bond donors (Lipinski definition) is 1. The van der Waals surface area contributed by atoms with Crippen LogP contribution in [0.5, 0.6) is 5.75 Å². The highest BCUT2D eigenvalue weighted by Gasteiger charge is 2.36. The number of likely N-dealkylation sites (tertiary alicyclic amines) is 1. The van der Waals surface area contributed by atoms with Gasteiger partial charge in [0.15, 0.2) is 11.9 Å². The van der Waals surface area contributed by atoms with Crippen molar-refractivity contribution in [3.05, 3.63) is 47.0 Å². The third kappa shape index (κ3) is 2.75. The van der Waals surface area contributed by atoms with E-state index in [1.54, 1.807) is 24.5 Å². The first-order valence-corrected chi connectivity index (χ1v) is 9.90. The number of aromatic nitrogens is 2. The second-order valence-electron chi connectivity index (χ2n) is 7.33. The number of carbonyl (C=O) groups is 1. The monoisotopic (exact) mass is 399 g/mol. The van der Waals surface area contributed by atoms with Crippen LogP contribution in [0, 0.1) is 5.82 Å². The van der Waals surface area contributed by atoms with Gasteiger partial charge in [0.25, 0.3) is 5.91 Å². The second kappa shape index (κ2) is 6.78. The lowest BCUT2D eigenvalue weighted by molar-refractivity contribution is -0.138. The fraction of sp³-hybridized carbons (Fsp3) is 0.333. The molecule has 4 heterocycles. The Labute approximate surface area is 166 Å². The smallest absolute Gasteiger partial charge is 0.263 e. The molecule has 0 aliphatic carbocycles. The largest absolute Gasteiger partial charge is 0.479 e. The van der Waals surface area contributed by atoms with Crippen LogP contribution in [-0.2, 0) is 11.2 Å². The van der Waals surface area contributed by atoms with E-state index in [0.717, 1.165) is 43.3 Å². The minimum absolute atomic E-state index is 0.0279. The summed E-state index contributed by atoms with van der Waals surface area (Å²) in [5.74, 6) is -0.161. The van der Waals surface area contributed by atoms with E-state index in [9.17, 15) is 4.79 Å². The molecular formula is C21H19ClFN3O2. The van der Waals surface area contributed by atoms with Crippen molar-refractivity contribution in [2.45, 2.75) is 31.8 Å². The van der Waals surface area contributed by atoms with E-state index in [0.29, 0.717) is 28.9 Å². The third-order valence-corrected chi connectivity index (χ3v) is 5.86. The highest BCUT2D eigenvalue weighted by atomic mass is 35.5. The molecule has 1 aromatic carbocycles. The SMILES string of the molecule is O=C(C1Cc2cc(Cl)c(F)c(-c3ccnc4[nH]ccc34)c2O1)N1CCCCC1. The van der Waals surface area contributed by atoms with Gasteiger partial charge in [0.1, 0.15) is 11.4 Å². The van der Waals surface area contributed by atoms with Crippen molar-refractivity contribution >= 4 is 28.5 Å². The van der Waals surface area contributed by atoms with Gasteiger partial charge in [0.2, 0.25) is 0 Å². The van der Waals surface area contributed by atoms with Crippen molar-refractivity contribution in [1.29, 1.82) is 0 Å². The maximum atomic E-state index is 15.1. The Hall–Kier alpha value is -2.60. The number of fused-ring (bicyclic) bond motifs is 2. The molecule has 1 saturated heterocycles. The van der Waals surface area contributed by atoms with E-state index >= 15 is 4.39 Å². The highest BCUT2D eigenvalue weighted by Crippen LogP contribution is 2.45. The van der Waals surface area contributed by atoms with E-state index < -0.39 is 11.9 Å². The van der Waals surface area contributed by atoms with Crippen LogP contribution in [0.25, 0.3) is 22.2 Å². The number of carbonyl (C=O) groups excluding carboxylic acids is 1. The first-order valence-electron chi connectivity index (χ1n) is 9.52. The molecule has 0 saturated carbocycles. The van der Waals surface area contributed by atoms with Crippen LogP contribution in [-0.4, -0.2) is 40.0 Å². The van der Waals surface area contributed by atoms with Gasteiger partial charge in [0, 0.05) is 48.4 Å². The van der Waals surface area contributed by atoms with Gasteiger partial charge in [-0.05, 0) is 37.5 Å². The lowest BCUT2D eigenvalue weighted by Crippen LogP contribution is -2.43. The van der Waals surface area contributed by atoms with E-state index in [1.807, 2.05) is 11.0 Å². The number of rotatable bonds is 2. The molecule has 0 radical (unpaired) electrons. The van der Waals surface area contributed by atoms with Crippen LogP contribution >= 0.6 is 11.6 Å². The summed E-state index contributed by atoms with van der Waals surface area (Å²) in [6.07, 6.45) is 6.32. The fourth-order valence-electron chi connectivity index (χ4n) is 4.21. The molecule has 0 bridgehead atoms. The average Bonchev–Trinajstić information content (AvgIpc) is 3.36. The van der Waals surface area contributed by atoms with Crippen LogP contribution in [0.15, 0.2) is 30.6 Å². The summed E-state index contributed by atoms with van der Waals surface area (Å²) in [6, 6.07) is 5.17. The number of pyridine rings is 1. The van der Waals surface area contributed by atoms with Gasteiger partial charge in [-0.25, -0.2) is 9.37 Å². The molecule has 2 aromatic heterocycles. The van der Waals surface area contributed by atoms with Crippen LogP contribution in [0.1, 0.15) is 24.8 Å². The molecule has 1 unspecified atom stereocenters. The Morgan fingerprint density at radius 2 is 2.11 bits per heavy atom. The Morgan fingerprint density at radius 1 is 1.29 bits per heavy atom. The predicted octanol–water partition coefficient (Wildman–Crippen LogP) is 4.34. The van der Waals surface area contributed by atoms with E-state index in [4.69, 9.17) is 16.3 Å². The molecule has 2 aliphatic heterocycles. The number of amides is 1. The van der Waals surface area contributed by atoms with E-state index in [-0.39, 0.29) is 10.9 Å². The molecule has 144 valence electrons. The first-order chi connectivity index (χ1) is 13.6. The molecule has 7 heteroatoms. The zero-order chi connectivity index (χ0) is 19.3. The molecule has 0 spiro atoms. The standard InChI is InChI=1S/C21H19ClFN3O2/c22-15-10-12-11-16(21(27)26-8-2-1-3-9-26)28-19(12)17(18(15)23)13-4-6-24-20-14(13)5-7-25-20/h4-7,10,16H,1-3,8-9,11H2,(H,24,25). The van der Waals surface area contributed by atoms with Gasteiger partial charge in [-0.15, -0.1) is 0 Å². The quantitative estimate of drug-likeness (QED) is 0.697. The minimum Gasteiger partial charge on any atom is -0.479 e. The number of hydrogen-bond acceptors (Lipinski definition) is 3. The number of nitrogens with zero attached hydrogens (tertiary/aromatic N) is 2. The van der Waals surface area contributed by atoms with Gasteiger partial charge < -0.3 is 14.6 Å². The van der Waals surface area contributed by atoms with Crippen LogP contribution < -0.4 is 4.74 Å². The summed E-state index contributed by atoms with van der Waals surface area (Å²) in [7, 11) is 0. The average molecular weight is 400 g/mol. The van der Waals surface area contributed by atoms with Gasteiger partial charge >= 0.3 is 0 Å². The lowest BCUT2D eigenvalue weighted by Gasteiger charge is -2.28. The summed E-state index contributed by atoms with van der Waals surface area (Å²) < 4.78 is 21.2. The summed E-state index contributed by atoms with van der Waals surface area (Å²) >= 11 is 6.20. The van der Waals surface area contributed by atoms with Gasteiger partial charge in [-0.3, -0.25) is 4.79 Å². The molecule has 1 N–H and O–H groups in total. The third-order valence-electron chi connectivity index (χ3n) is 5.59. The van der Waals surface area contributed by atoms with Crippen LogP contribution in [0.2, 0.25) is 5.02 Å². The molecule has 1 fully saturated rings. The first kappa shape index (κ1) is 17.5. The second-order valence-corrected chi connectivity index (χ2v) is 7.74. The maximum absolute atomic E-state index is 15.1. The molecule has 2 aliphatic rings. The number of piperidine rings is 1. The molecule has 3 aromatic rings. The van der Waals surface area contributed by atoms with Crippen molar-refractivity contribution in [1.82, 2.24) is 14.9 Å². The van der Waals surface area contributed by atoms with E-state index in [2.05, 4.69) is 9.97 Å². The predicted molar refractivity (Wildman–Crippen MR) is 105 cm³/mol. The summed E-state index contributed by atoms with van der Waals surface area (Å²) in [4.78, 5) is 22.1. The number of benzene rings is 1. The number of ether oxygens (including phenoxy) is 1. The minimum atomic E-state index is -0.631. The molecule has 28 heavy (non-hydrogen) atoms. The molecule has 1 atom stereocenters.